The molecular weight excluding hydrogens is 382 g/mol. The van der Waals surface area contributed by atoms with E-state index in [9.17, 15) is 14.8 Å². The van der Waals surface area contributed by atoms with Crippen molar-refractivity contribution < 1.29 is 9.62 Å². The van der Waals surface area contributed by atoms with Crippen LogP contribution in [0.1, 0.15) is 11.5 Å². The normalized spacial score (nSPS) is 11.7. The number of nitrogens with zero attached hydrogens (tertiary/aromatic N) is 4. The van der Waals surface area contributed by atoms with Gasteiger partial charge in [-0.2, -0.15) is 0 Å². The second kappa shape index (κ2) is 8.02. The maximum absolute atomic E-state index is 11.7. The Kier molecular flexibility index (Phi) is 5.54. The summed E-state index contributed by atoms with van der Waals surface area (Å²) in [6.45, 7) is 0.0225. The maximum Gasteiger partial charge on any atom is 0.328 e. The smallest absolute Gasteiger partial charge is 0.328 e. The molecule has 0 atom stereocenters. The number of aromatic amines is 1. The molecule has 0 saturated carbocycles. The Hall–Kier alpha value is -2.85. The molecule has 0 aliphatic carbocycles. The number of hydrogen-bond acceptors (Lipinski definition) is 8. The predicted molar refractivity (Wildman–Crippen MR) is 95.2 cm³/mol. The first-order valence-corrected chi connectivity index (χ1v) is 8.64. The van der Waals surface area contributed by atoms with Crippen LogP contribution in [-0.4, -0.2) is 36.4 Å². The van der Waals surface area contributed by atoms with Crippen LogP contribution < -0.4 is 11.2 Å². The van der Waals surface area contributed by atoms with Gasteiger partial charge in [-0.3, -0.25) is 14.3 Å². The molecule has 3 aromatic rings. The Morgan fingerprint density at radius 3 is 2.85 bits per heavy atom. The highest BCUT2D eigenvalue weighted by molar-refractivity contribution is 7.99. The Morgan fingerprint density at radius 1 is 1.31 bits per heavy atom. The number of benzene rings is 1. The van der Waals surface area contributed by atoms with E-state index in [1.165, 1.54) is 16.8 Å². The minimum absolute atomic E-state index is 0.0225. The molecule has 26 heavy (non-hydrogen) atoms. The zero-order chi connectivity index (χ0) is 18.5. The van der Waals surface area contributed by atoms with Crippen LogP contribution in [0.5, 0.6) is 0 Å². The van der Waals surface area contributed by atoms with E-state index in [0.717, 1.165) is 11.8 Å². The Balaban J connectivity index is 1.68. The van der Waals surface area contributed by atoms with Crippen LogP contribution in [0.25, 0.3) is 0 Å². The van der Waals surface area contributed by atoms with Gasteiger partial charge in [0.15, 0.2) is 0 Å². The molecule has 0 aliphatic rings. The lowest BCUT2D eigenvalue weighted by molar-refractivity contribution is 0.319. The fraction of sp³-hybridized carbons (Fsp3) is 0.133. The average Bonchev–Trinajstić information content (AvgIpc) is 3.07. The third-order valence-electron chi connectivity index (χ3n) is 3.29. The molecule has 0 amide bonds. The summed E-state index contributed by atoms with van der Waals surface area (Å²) < 4.78 is 6.68. The highest BCUT2D eigenvalue weighted by Gasteiger charge is 2.13. The number of hydrogen-bond donors (Lipinski definition) is 2. The number of oxime groups is 1. The van der Waals surface area contributed by atoms with Gasteiger partial charge in [-0.25, -0.2) is 4.79 Å². The van der Waals surface area contributed by atoms with Crippen LogP contribution in [-0.2, 0) is 6.54 Å². The van der Waals surface area contributed by atoms with Crippen molar-refractivity contribution in [2.45, 2.75) is 11.8 Å². The summed E-state index contributed by atoms with van der Waals surface area (Å²) in [5.74, 6) is 0.447. The first-order chi connectivity index (χ1) is 12.6. The number of rotatable bonds is 6. The molecule has 0 bridgehead atoms. The third kappa shape index (κ3) is 4.21. The third-order valence-corrected chi connectivity index (χ3v) is 4.45. The lowest BCUT2D eigenvalue weighted by Gasteiger charge is -2.04. The molecule has 0 unspecified atom stereocenters. The molecule has 1 aromatic carbocycles. The standard InChI is InChI=1S/C15H12ClN5O4S/c16-10-4-2-1-3-9(10)11(20-24)8-26-15-19-18-13(25-15)7-21-6-5-12(22)17-14(21)23/h1-6,24H,7-8H2,(H,17,22,23). The van der Waals surface area contributed by atoms with Gasteiger partial charge in [-0.1, -0.05) is 46.7 Å². The van der Waals surface area contributed by atoms with Crippen molar-refractivity contribution in [2.75, 3.05) is 5.75 Å². The van der Waals surface area contributed by atoms with Crippen molar-refractivity contribution in [2.24, 2.45) is 5.16 Å². The minimum atomic E-state index is -0.571. The van der Waals surface area contributed by atoms with Crippen molar-refractivity contribution in [1.29, 1.82) is 0 Å². The molecule has 0 radical (unpaired) electrons. The monoisotopic (exact) mass is 393 g/mol. The highest BCUT2D eigenvalue weighted by Crippen LogP contribution is 2.22. The van der Waals surface area contributed by atoms with Gasteiger partial charge in [0.05, 0.1) is 5.71 Å². The molecule has 2 N–H and O–H groups in total. The van der Waals surface area contributed by atoms with Crippen molar-refractivity contribution in [3.8, 4) is 0 Å². The van der Waals surface area contributed by atoms with Crippen LogP contribution in [0, 0.1) is 0 Å². The summed E-state index contributed by atoms with van der Waals surface area (Å²) in [4.78, 5) is 24.8. The number of thioether (sulfide) groups is 1. The molecule has 2 heterocycles. The van der Waals surface area contributed by atoms with E-state index in [-0.39, 0.29) is 23.4 Å². The topological polar surface area (TPSA) is 126 Å². The van der Waals surface area contributed by atoms with Gasteiger partial charge >= 0.3 is 5.69 Å². The van der Waals surface area contributed by atoms with Gasteiger partial charge < -0.3 is 9.62 Å². The number of H-pyrrole nitrogens is 1. The van der Waals surface area contributed by atoms with Crippen LogP contribution in [0.3, 0.4) is 0 Å². The first-order valence-electron chi connectivity index (χ1n) is 7.27. The summed E-state index contributed by atoms with van der Waals surface area (Å²) in [5, 5.41) is 20.9. The van der Waals surface area contributed by atoms with E-state index in [2.05, 4.69) is 20.3 Å². The van der Waals surface area contributed by atoms with E-state index in [1.807, 2.05) is 0 Å². The Bertz CT molecular complexity index is 1060. The second-order valence-electron chi connectivity index (χ2n) is 5.01. The molecule has 9 nitrogen and oxygen atoms in total. The van der Waals surface area contributed by atoms with Crippen LogP contribution in [0.2, 0.25) is 5.02 Å². The number of halogens is 1. The van der Waals surface area contributed by atoms with Crippen LogP contribution in [0.4, 0.5) is 0 Å². The Labute approximate surface area is 155 Å². The molecule has 11 heteroatoms. The fourth-order valence-electron chi connectivity index (χ4n) is 2.06. The average molecular weight is 394 g/mol. The van der Waals surface area contributed by atoms with Gasteiger partial charge in [0.2, 0.25) is 5.89 Å². The van der Waals surface area contributed by atoms with Crippen molar-refractivity contribution >= 4 is 29.1 Å². The predicted octanol–water partition coefficient (Wildman–Crippen LogP) is 1.59. The van der Waals surface area contributed by atoms with Gasteiger partial charge in [0.1, 0.15) is 6.54 Å². The molecule has 2 aromatic heterocycles. The van der Waals surface area contributed by atoms with Gasteiger partial charge in [0.25, 0.3) is 10.8 Å². The summed E-state index contributed by atoms with van der Waals surface area (Å²) in [5.41, 5.74) is -0.0948. The molecule has 0 saturated heterocycles. The van der Waals surface area contributed by atoms with Crippen molar-refractivity contribution in [3.05, 3.63) is 73.8 Å². The van der Waals surface area contributed by atoms with Gasteiger partial charge in [-0.05, 0) is 6.07 Å². The van der Waals surface area contributed by atoms with Crippen molar-refractivity contribution in [3.63, 3.8) is 0 Å². The number of aromatic nitrogens is 4. The summed E-state index contributed by atoms with van der Waals surface area (Å²) >= 11 is 7.25. The zero-order valence-corrected chi connectivity index (χ0v) is 14.7. The zero-order valence-electron chi connectivity index (χ0n) is 13.1. The lowest BCUT2D eigenvalue weighted by atomic mass is 10.1. The van der Waals surface area contributed by atoms with E-state index in [4.69, 9.17) is 16.0 Å². The first kappa shape index (κ1) is 18.0. The van der Waals surface area contributed by atoms with Crippen molar-refractivity contribution in [1.82, 2.24) is 19.7 Å². The minimum Gasteiger partial charge on any atom is -0.414 e. The van der Waals surface area contributed by atoms with Crippen LogP contribution >= 0.6 is 23.4 Å². The van der Waals surface area contributed by atoms with E-state index >= 15 is 0 Å². The number of nitrogens with one attached hydrogen (secondary N) is 1. The molecule has 0 fully saturated rings. The largest absolute Gasteiger partial charge is 0.414 e. The molecular formula is C15H12ClN5O4S. The Morgan fingerprint density at radius 2 is 2.12 bits per heavy atom. The summed E-state index contributed by atoms with van der Waals surface area (Å²) in [6, 6.07) is 8.21. The van der Waals surface area contributed by atoms with Gasteiger partial charge in [0, 0.05) is 28.6 Å². The summed E-state index contributed by atoms with van der Waals surface area (Å²) in [7, 11) is 0. The highest BCUT2D eigenvalue weighted by atomic mass is 35.5. The van der Waals surface area contributed by atoms with E-state index in [1.54, 1.807) is 24.3 Å². The molecule has 0 aliphatic heterocycles. The van der Waals surface area contributed by atoms with Crippen LogP contribution in [0.15, 0.2) is 60.9 Å². The molecule has 0 spiro atoms. The quantitative estimate of drug-likeness (QED) is 0.282. The maximum atomic E-state index is 11.7. The molecule has 134 valence electrons. The molecule has 3 rings (SSSR count). The second-order valence-corrected chi connectivity index (χ2v) is 6.35. The fourth-order valence-corrected chi connectivity index (χ4v) is 3.03. The lowest BCUT2D eigenvalue weighted by Crippen LogP contribution is -2.28. The summed E-state index contributed by atoms with van der Waals surface area (Å²) in [6.07, 6.45) is 1.34. The van der Waals surface area contributed by atoms with E-state index < -0.39 is 11.2 Å². The van der Waals surface area contributed by atoms with Gasteiger partial charge in [-0.15, -0.1) is 10.2 Å². The van der Waals surface area contributed by atoms with E-state index in [0.29, 0.717) is 16.3 Å². The SMILES string of the molecule is O=c1ccn(Cc2nnc(SCC(=NO)c3ccccc3Cl)o2)c(=O)[nH]1.